The molecular formula is C12H13N3O2S. The van der Waals surface area contributed by atoms with E-state index in [-0.39, 0.29) is 12.0 Å². The Balaban J connectivity index is 2.07. The van der Waals surface area contributed by atoms with E-state index in [0.29, 0.717) is 11.4 Å². The third kappa shape index (κ3) is 3.27. The Labute approximate surface area is 109 Å². The zero-order valence-electron chi connectivity index (χ0n) is 10.1. The highest BCUT2D eigenvalue weighted by Gasteiger charge is 2.09. The summed E-state index contributed by atoms with van der Waals surface area (Å²) in [6, 6.07) is 7.25. The molecule has 5 nitrogen and oxygen atoms in total. The lowest BCUT2D eigenvalue weighted by Gasteiger charge is -2.11. The van der Waals surface area contributed by atoms with Gasteiger partial charge in [0.1, 0.15) is 5.75 Å². The number of carbonyl (C=O) groups excluding carboxylic acids is 1. The fourth-order valence-electron chi connectivity index (χ4n) is 1.38. The summed E-state index contributed by atoms with van der Waals surface area (Å²) in [6.45, 7) is 3.90. The third-order valence-electron chi connectivity index (χ3n) is 2.06. The van der Waals surface area contributed by atoms with Crippen LogP contribution < -0.4 is 10.1 Å². The monoisotopic (exact) mass is 263 g/mol. The number of anilines is 1. The van der Waals surface area contributed by atoms with E-state index < -0.39 is 0 Å². The van der Waals surface area contributed by atoms with Crippen molar-refractivity contribution >= 4 is 23.1 Å². The number of carbonyl (C=O) groups is 1. The minimum absolute atomic E-state index is 0.0960. The minimum Gasteiger partial charge on any atom is -0.491 e. The maximum absolute atomic E-state index is 11.8. The van der Waals surface area contributed by atoms with Crippen molar-refractivity contribution in [2.24, 2.45) is 0 Å². The summed E-state index contributed by atoms with van der Waals surface area (Å²) < 4.78 is 9.20. The van der Waals surface area contributed by atoms with E-state index in [4.69, 9.17) is 4.74 Å². The van der Waals surface area contributed by atoms with E-state index in [1.54, 1.807) is 17.5 Å². The summed E-state index contributed by atoms with van der Waals surface area (Å²) in [7, 11) is 0. The molecule has 1 amide bonds. The van der Waals surface area contributed by atoms with Crippen LogP contribution in [0, 0.1) is 0 Å². The average Bonchev–Trinajstić information content (AvgIpc) is 2.81. The molecule has 0 aliphatic rings. The molecule has 18 heavy (non-hydrogen) atoms. The number of rotatable bonds is 4. The molecular weight excluding hydrogens is 250 g/mol. The van der Waals surface area contributed by atoms with Gasteiger partial charge in [-0.2, -0.15) is 0 Å². The van der Waals surface area contributed by atoms with Crippen molar-refractivity contribution < 1.29 is 9.53 Å². The van der Waals surface area contributed by atoms with Crippen LogP contribution in [0.1, 0.15) is 24.3 Å². The molecule has 1 heterocycles. The number of aromatic nitrogens is 2. The van der Waals surface area contributed by atoms with Gasteiger partial charge in [-0.15, -0.1) is 5.10 Å². The summed E-state index contributed by atoms with van der Waals surface area (Å²) in [5, 5.41) is 8.05. The second-order valence-corrected chi connectivity index (χ2v) is 4.55. The van der Waals surface area contributed by atoms with Crippen molar-refractivity contribution in [2.75, 3.05) is 5.32 Å². The smallest absolute Gasteiger partial charge is 0.277 e. The number of nitrogens with one attached hydrogen (secondary N) is 1. The van der Waals surface area contributed by atoms with E-state index in [0.717, 1.165) is 17.3 Å². The maximum Gasteiger partial charge on any atom is 0.277 e. The Hall–Kier alpha value is -1.95. The molecule has 0 saturated heterocycles. The molecule has 0 saturated carbocycles. The molecule has 0 spiro atoms. The zero-order chi connectivity index (χ0) is 13.0. The highest BCUT2D eigenvalue weighted by molar-refractivity contribution is 7.03. The van der Waals surface area contributed by atoms with Crippen LogP contribution in [0.25, 0.3) is 0 Å². The normalized spacial score (nSPS) is 10.4. The van der Waals surface area contributed by atoms with Gasteiger partial charge in [-0.1, -0.05) is 10.6 Å². The minimum atomic E-state index is -0.273. The van der Waals surface area contributed by atoms with E-state index >= 15 is 0 Å². The van der Waals surface area contributed by atoms with Crippen LogP contribution in [0.3, 0.4) is 0 Å². The molecule has 0 radical (unpaired) electrons. The van der Waals surface area contributed by atoms with Gasteiger partial charge in [0, 0.05) is 17.1 Å². The van der Waals surface area contributed by atoms with Crippen molar-refractivity contribution in [2.45, 2.75) is 20.0 Å². The number of nitrogens with zero attached hydrogens (tertiary/aromatic N) is 2. The van der Waals surface area contributed by atoms with Gasteiger partial charge in [0.25, 0.3) is 5.91 Å². The second kappa shape index (κ2) is 5.59. The van der Waals surface area contributed by atoms with E-state index in [1.165, 1.54) is 0 Å². The van der Waals surface area contributed by atoms with Crippen LogP contribution in [-0.2, 0) is 0 Å². The van der Waals surface area contributed by atoms with E-state index in [9.17, 15) is 4.79 Å². The first-order valence-corrected chi connectivity index (χ1v) is 6.34. The lowest BCUT2D eigenvalue weighted by Crippen LogP contribution is -2.12. The first-order valence-electron chi connectivity index (χ1n) is 5.50. The first kappa shape index (κ1) is 12.5. The van der Waals surface area contributed by atoms with Gasteiger partial charge in [-0.25, -0.2) is 0 Å². The average molecular weight is 263 g/mol. The van der Waals surface area contributed by atoms with Gasteiger partial charge in [0.2, 0.25) is 0 Å². The number of benzene rings is 1. The molecule has 0 unspecified atom stereocenters. The Morgan fingerprint density at radius 3 is 2.94 bits per heavy atom. The summed E-state index contributed by atoms with van der Waals surface area (Å²) >= 11 is 1.14. The SMILES string of the molecule is CC(C)Oc1cccc(NC(=O)c2csnn2)c1. The molecule has 0 bridgehead atoms. The lowest BCUT2D eigenvalue weighted by molar-refractivity contribution is 0.102. The van der Waals surface area contributed by atoms with Crippen LogP contribution in [0.15, 0.2) is 29.6 Å². The largest absolute Gasteiger partial charge is 0.491 e. The van der Waals surface area contributed by atoms with Crippen LogP contribution in [0.4, 0.5) is 5.69 Å². The van der Waals surface area contributed by atoms with Gasteiger partial charge < -0.3 is 10.1 Å². The van der Waals surface area contributed by atoms with Gasteiger partial charge in [-0.05, 0) is 37.5 Å². The van der Waals surface area contributed by atoms with Crippen LogP contribution in [-0.4, -0.2) is 21.6 Å². The topological polar surface area (TPSA) is 64.1 Å². The van der Waals surface area contributed by atoms with Crippen molar-refractivity contribution in [3.63, 3.8) is 0 Å². The molecule has 1 aromatic heterocycles. The van der Waals surface area contributed by atoms with Crippen molar-refractivity contribution in [3.05, 3.63) is 35.3 Å². The molecule has 2 aromatic rings. The predicted molar refractivity (Wildman–Crippen MR) is 70.1 cm³/mol. The molecule has 0 fully saturated rings. The molecule has 0 atom stereocenters. The van der Waals surface area contributed by atoms with Crippen molar-refractivity contribution in [1.29, 1.82) is 0 Å². The molecule has 0 aliphatic heterocycles. The lowest BCUT2D eigenvalue weighted by atomic mass is 10.3. The highest BCUT2D eigenvalue weighted by atomic mass is 32.1. The maximum atomic E-state index is 11.8. The Kier molecular flexibility index (Phi) is 3.88. The molecule has 1 N–H and O–H groups in total. The van der Waals surface area contributed by atoms with E-state index in [1.807, 2.05) is 26.0 Å². The van der Waals surface area contributed by atoms with Gasteiger partial charge >= 0.3 is 0 Å². The highest BCUT2D eigenvalue weighted by Crippen LogP contribution is 2.19. The standard InChI is InChI=1S/C12H13N3O2S/c1-8(2)17-10-5-3-4-9(6-10)13-12(16)11-7-18-15-14-11/h3-8H,1-2H3,(H,13,16). The number of hydrogen-bond acceptors (Lipinski definition) is 5. The van der Waals surface area contributed by atoms with Crippen molar-refractivity contribution in [1.82, 2.24) is 9.59 Å². The van der Waals surface area contributed by atoms with E-state index in [2.05, 4.69) is 14.9 Å². The van der Waals surface area contributed by atoms with Crippen LogP contribution in [0.5, 0.6) is 5.75 Å². The zero-order valence-corrected chi connectivity index (χ0v) is 10.9. The molecule has 0 aliphatic carbocycles. The molecule has 6 heteroatoms. The summed E-state index contributed by atoms with van der Waals surface area (Å²) in [4.78, 5) is 11.8. The molecule has 1 aromatic carbocycles. The quantitative estimate of drug-likeness (QED) is 0.920. The van der Waals surface area contributed by atoms with Crippen LogP contribution in [0.2, 0.25) is 0 Å². The number of amides is 1. The van der Waals surface area contributed by atoms with Crippen molar-refractivity contribution in [3.8, 4) is 5.75 Å². The Bertz CT molecular complexity index is 526. The summed E-state index contributed by atoms with van der Waals surface area (Å²) in [5.74, 6) is 0.449. The Morgan fingerprint density at radius 2 is 2.28 bits per heavy atom. The fraction of sp³-hybridized carbons (Fsp3) is 0.250. The summed E-state index contributed by atoms with van der Waals surface area (Å²) in [6.07, 6.45) is 0.0960. The number of hydrogen-bond donors (Lipinski definition) is 1. The third-order valence-corrected chi connectivity index (χ3v) is 2.56. The van der Waals surface area contributed by atoms with Crippen LogP contribution >= 0.6 is 11.5 Å². The number of ether oxygens (including phenoxy) is 1. The molecule has 94 valence electrons. The first-order chi connectivity index (χ1) is 8.65. The van der Waals surface area contributed by atoms with Gasteiger partial charge in [-0.3, -0.25) is 4.79 Å². The van der Waals surface area contributed by atoms with Gasteiger partial charge in [0.05, 0.1) is 6.10 Å². The Morgan fingerprint density at radius 1 is 1.44 bits per heavy atom. The van der Waals surface area contributed by atoms with Gasteiger partial charge in [0.15, 0.2) is 5.69 Å². The second-order valence-electron chi connectivity index (χ2n) is 3.94. The fourth-order valence-corrected chi connectivity index (χ4v) is 1.81. The predicted octanol–water partition coefficient (Wildman–Crippen LogP) is 2.58. The molecule has 2 rings (SSSR count). The summed E-state index contributed by atoms with van der Waals surface area (Å²) in [5.41, 5.74) is 0.987.